The van der Waals surface area contributed by atoms with Gasteiger partial charge in [0.2, 0.25) is 5.91 Å². The summed E-state index contributed by atoms with van der Waals surface area (Å²) in [5, 5.41) is 11.5. The summed E-state index contributed by atoms with van der Waals surface area (Å²) < 4.78 is 28.9. The molecular formula is C14H17F2NO4. The number of aliphatic carboxylic acids is 1. The van der Waals surface area contributed by atoms with Crippen LogP contribution in [0, 0.1) is 0 Å². The second kappa shape index (κ2) is 7.01. The molecule has 0 aliphatic heterocycles. The third-order valence-electron chi connectivity index (χ3n) is 3.13. The summed E-state index contributed by atoms with van der Waals surface area (Å²) in [6.07, 6.45) is -0.0466. The summed E-state index contributed by atoms with van der Waals surface area (Å²) >= 11 is 0. The predicted octanol–water partition coefficient (Wildman–Crippen LogP) is 2.20. The maximum absolute atomic E-state index is 12.3. The molecule has 0 aromatic heterocycles. The Kier molecular flexibility index (Phi) is 5.63. The van der Waals surface area contributed by atoms with Gasteiger partial charge in [0.15, 0.2) is 0 Å². The van der Waals surface area contributed by atoms with Gasteiger partial charge in [-0.25, -0.2) is 4.79 Å². The van der Waals surface area contributed by atoms with Crippen LogP contribution in [0.2, 0.25) is 0 Å². The summed E-state index contributed by atoms with van der Waals surface area (Å²) in [7, 11) is 0. The molecule has 2 N–H and O–H groups in total. The van der Waals surface area contributed by atoms with Crippen molar-refractivity contribution in [3.63, 3.8) is 0 Å². The van der Waals surface area contributed by atoms with Crippen molar-refractivity contribution >= 4 is 11.9 Å². The Hall–Kier alpha value is -2.18. The number of carboxylic acids is 1. The van der Waals surface area contributed by atoms with Crippen molar-refractivity contribution in [3.05, 3.63) is 29.8 Å². The van der Waals surface area contributed by atoms with Crippen molar-refractivity contribution in [2.45, 2.75) is 38.8 Å². The third-order valence-corrected chi connectivity index (χ3v) is 3.13. The van der Waals surface area contributed by atoms with Crippen LogP contribution in [0.1, 0.15) is 25.8 Å². The number of carbonyl (C=O) groups is 2. The lowest BCUT2D eigenvalue weighted by molar-refractivity contribution is -0.146. The van der Waals surface area contributed by atoms with Crippen molar-refractivity contribution in [1.82, 2.24) is 5.32 Å². The van der Waals surface area contributed by atoms with Gasteiger partial charge in [0, 0.05) is 5.56 Å². The van der Waals surface area contributed by atoms with Gasteiger partial charge >= 0.3 is 12.6 Å². The van der Waals surface area contributed by atoms with Crippen LogP contribution >= 0.6 is 0 Å². The summed E-state index contributed by atoms with van der Waals surface area (Å²) in [6.45, 7) is 0.0194. The normalized spacial score (nSPS) is 13.6. The maximum atomic E-state index is 12.3. The number of hydrogen-bond acceptors (Lipinski definition) is 3. The number of para-hydroxylation sites is 1. The van der Waals surface area contributed by atoms with Crippen LogP contribution in [0.3, 0.4) is 0 Å². The molecule has 1 rings (SSSR count). The first-order valence-corrected chi connectivity index (χ1v) is 6.35. The van der Waals surface area contributed by atoms with Gasteiger partial charge in [0.1, 0.15) is 11.3 Å². The Morgan fingerprint density at radius 3 is 2.52 bits per heavy atom. The number of carboxylic acid groups (broad SMARTS) is 1. The first-order chi connectivity index (χ1) is 9.78. The lowest BCUT2D eigenvalue weighted by atomic mass is 9.98. The lowest BCUT2D eigenvalue weighted by Gasteiger charge is -2.24. The van der Waals surface area contributed by atoms with Crippen LogP contribution in [0.15, 0.2) is 24.3 Å². The van der Waals surface area contributed by atoms with E-state index in [-0.39, 0.29) is 24.2 Å². The largest absolute Gasteiger partial charge is 0.480 e. The molecule has 1 unspecified atom stereocenters. The minimum atomic E-state index is -2.99. The molecule has 0 fully saturated rings. The fraction of sp³-hybridized carbons (Fsp3) is 0.429. The zero-order valence-electron chi connectivity index (χ0n) is 11.7. The molecule has 1 amide bonds. The molecule has 21 heavy (non-hydrogen) atoms. The second-order valence-electron chi connectivity index (χ2n) is 4.70. The maximum Gasteiger partial charge on any atom is 0.387 e. The van der Waals surface area contributed by atoms with Gasteiger partial charge < -0.3 is 15.2 Å². The molecule has 0 heterocycles. The highest BCUT2D eigenvalue weighted by Gasteiger charge is 2.32. The van der Waals surface area contributed by atoms with Crippen LogP contribution in [-0.4, -0.2) is 29.1 Å². The first kappa shape index (κ1) is 16.9. The van der Waals surface area contributed by atoms with E-state index < -0.39 is 24.0 Å². The topological polar surface area (TPSA) is 75.6 Å². The minimum absolute atomic E-state index is 0.101. The van der Waals surface area contributed by atoms with Crippen molar-refractivity contribution < 1.29 is 28.2 Å². The highest BCUT2D eigenvalue weighted by molar-refractivity contribution is 5.87. The molecule has 116 valence electrons. The number of benzene rings is 1. The van der Waals surface area contributed by atoms with Gasteiger partial charge in [-0.05, 0) is 19.4 Å². The predicted molar refractivity (Wildman–Crippen MR) is 71.3 cm³/mol. The monoisotopic (exact) mass is 301 g/mol. The molecule has 0 spiro atoms. The average molecular weight is 301 g/mol. The number of nitrogens with one attached hydrogen (secondary N) is 1. The Labute approximate surface area is 120 Å². The molecule has 5 nitrogen and oxygen atoms in total. The lowest BCUT2D eigenvalue weighted by Crippen LogP contribution is -2.52. The molecule has 1 aromatic rings. The van der Waals surface area contributed by atoms with Gasteiger partial charge in [-0.2, -0.15) is 8.78 Å². The van der Waals surface area contributed by atoms with Crippen LogP contribution in [0.5, 0.6) is 5.75 Å². The number of amides is 1. The van der Waals surface area contributed by atoms with E-state index in [0.717, 1.165) is 0 Å². The van der Waals surface area contributed by atoms with Crippen molar-refractivity contribution in [2.24, 2.45) is 0 Å². The number of alkyl halides is 2. The van der Waals surface area contributed by atoms with Crippen LogP contribution in [0.25, 0.3) is 0 Å². The summed E-state index contributed by atoms with van der Waals surface area (Å²) in [5.74, 6) is -1.83. The zero-order chi connectivity index (χ0) is 16.0. The molecule has 1 aromatic carbocycles. The molecule has 0 aliphatic carbocycles. The fourth-order valence-electron chi connectivity index (χ4n) is 1.68. The van der Waals surface area contributed by atoms with Crippen LogP contribution in [-0.2, 0) is 16.0 Å². The first-order valence-electron chi connectivity index (χ1n) is 6.35. The SMILES string of the molecule is CCC(C)(NC(=O)Cc1ccccc1OC(F)F)C(=O)O. The molecule has 1 atom stereocenters. The molecule has 0 radical (unpaired) electrons. The van der Waals surface area contributed by atoms with Gasteiger partial charge in [-0.1, -0.05) is 25.1 Å². The second-order valence-corrected chi connectivity index (χ2v) is 4.70. The third kappa shape index (κ3) is 4.70. The molecular weight excluding hydrogens is 284 g/mol. The van der Waals surface area contributed by atoms with E-state index in [1.807, 2.05) is 0 Å². The Bertz CT molecular complexity index is 521. The number of hydrogen-bond donors (Lipinski definition) is 2. The van der Waals surface area contributed by atoms with Gasteiger partial charge in [0.25, 0.3) is 0 Å². The minimum Gasteiger partial charge on any atom is -0.480 e. The quantitative estimate of drug-likeness (QED) is 0.809. The van der Waals surface area contributed by atoms with Gasteiger partial charge in [-0.15, -0.1) is 0 Å². The van der Waals surface area contributed by atoms with E-state index in [9.17, 15) is 18.4 Å². The molecule has 0 bridgehead atoms. The Morgan fingerprint density at radius 2 is 2.00 bits per heavy atom. The smallest absolute Gasteiger partial charge is 0.387 e. The van der Waals surface area contributed by atoms with Crippen LogP contribution < -0.4 is 10.1 Å². The van der Waals surface area contributed by atoms with E-state index in [1.54, 1.807) is 13.0 Å². The molecule has 7 heteroatoms. The van der Waals surface area contributed by atoms with E-state index in [4.69, 9.17) is 5.11 Å². The summed E-state index contributed by atoms with van der Waals surface area (Å²) in [4.78, 5) is 23.0. The van der Waals surface area contributed by atoms with Crippen molar-refractivity contribution in [1.29, 1.82) is 0 Å². The molecule has 0 saturated carbocycles. The Morgan fingerprint density at radius 1 is 1.38 bits per heavy atom. The summed E-state index contributed by atoms with van der Waals surface area (Å²) in [5.41, 5.74) is -1.13. The van der Waals surface area contributed by atoms with Crippen molar-refractivity contribution in [3.8, 4) is 5.75 Å². The average Bonchev–Trinajstić information content (AvgIpc) is 2.40. The number of halogens is 2. The van der Waals surface area contributed by atoms with E-state index in [1.165, 1.54) is 25.1 Å². The highest BCUT2D eigenvalue weighted by Crippen LogP contribution is 2.21. The van der Waals surface area contributed by atoms with E-state index in [2.05, 4.69) is 10.1 Å². The molecule has 0 saturated heterocycles. The number of rotatable bonds is 7. The summed E-state index contributed by atoms with van der Waals surface area (Å²) in [6, 6.07) is 5.88. The zero-order valence-corrected chi connectivity index (χ0v) is 11.7. The molecule has 0 aliphatic rings. The highest BCUT2D eigenvalue weighted by atomic mass is 19.3. The van der Waals surface area contributed by atoms with Gasteiger partial charge in [0.05, 0.1) is 6.42 Å². The Balaban J connectivity index is 2.82. The van der Waals surface area contributed by atoms with Gasteiger partial charge in [-0.3, -0.25) is 4.79 Å². The standard InChI is InChI=1S/C14H17F2NO4/c1-3-14(2,12(19)20)17-11(18)8-9-6-4-5-7-10(9)21-13(15)16/h4-7,13H,3,8H2,1-2H3,(H,17,18)(H,19,20). The van der Waals surface area contributed by atoms with Crippen LogP contribution in [0.4, 0.5) is 8.78 Å². The fourth-order valence-corrected chi connectivity index (χ4v) is 1.68. The van der Waals surface area contributed by atoms with E-state index in [0.29, 0.717) is 0 Å². The van der Waals surface area contributed by atoms with E-state index >= 15 is 0 Å². The number of ether oxygens (including phenoxy) is 1. The number of carbonyl (C=O) groups excluding carboxylic acids is 1. The van der Waals surface area contributed by atoms with Crippen molar-refractivity contribution in [2.75, 3.05) is 0 Å².